The molecule has 0 saturated carbocycles. The van der Waals surface area contributed by atoms with E-state index in [9.17, 15) is 0 Å². The molecular weight excluding hydrogens is 412 g/mol. The quantitative estimate of drug-likeness (QED) is 0.265. The molecule has 2 aromatic heterocycles. The van der Waals surface area contributed by atoms with Crippen LogP contribution in [0.15, 0.2) is 48.7 Å². The summed E-state index contributed by atoms with van der Waals surface area (Å²) >= 11 is 0. The Balaban J connectivity index is 1.50. The number of aromatic nitrogens is 2. The zero-order valence-corrected chi connectivity index (χ0v) is 19.5. The van der Waals surface area contributed by atoms with E-state index in [0.29, 0.717) is 6.61 Å². The first-order chi connectivity index (χ1) is 16.2. The number of ether oxygens (including phenoxy) is 1. The van der Waals surface area contributed by atoms with Crippen LogP contribution in [0.3, 0.4) is 0 Å². The number of fused-ring (bicyclic) bond motifs is 3. The number of aromatic amines is 1. The summed E-state index contributed by atoms with van der Waals surface area (Å²) in [4.78, 5) is 16.4. The zero-order valence-electron chi connectivity index (χ0n) is 19.5. The molecule has 5 rings (SSSR count). The van der Waals surface area contributed by atoms with Crippen LogP contribution in [0.4, 0.5) is 0 Å². The van der Waals surface area contributed by atoms with Crippen molar-refractivity contribution in [3.05, 3.63) is 54.2 Å². The highest BCUT2D eigenvalue weighted by molar-refractivity contribution is 6.15. The fourth-order valence-electron chi connectivity index (χ4n) is 4.69. The largest absolute Gasteiger partial charge is 0.491 e. The molecule has 1 aliphatic rings. The summed E-state index contributed by atoms with van der Waals surface area (Å²) in [5, 5.41) is 2.25. The van der Waals surface area contributed by atoms with Gasteiger partial charge in [0.1, 0.15) is 17.1 Å². The molecular formula is C27H32N4O2. The van der Waals surface area contributed by atoms with Gasteiger partial charge in [0.2, 0.25) is 0 Å². The van der Waals surface area contributed by atoms with E-state index in [0.717, 1.165) is 69.6 Å². The van der Waals surface area contributed by atoms with Gasteiger partial charge in [0, 0.05) is 30.1 Å². The maximum absolute atomic E-state index is 6.29. The van der Waals surface area contributed by atoms with Crippen LogP contribution >= 0.6 is 0 Å². The molecule has 0 atom stereocenters. The number of hydrogen-bond donors (Lipinski definition) is 2. The predicted molar refractivity (Wildman–Crippen MR) is 134 cm³/mol. The highest BCUT2D eigenvalue weighted by Gasteiger charge is 2.17. The van der Waals surface area contributed by atoms with E-state index in [1.165, 1.54) is 25.9 Å². The van der Waals surface area contributed by atoms with Gasteiger partial charge >= 0.3 is 0 Å². The summed E-state index contributed by atoms with van der Waals surface area (Å²) in [6.07, 6.45) is 5.58. The molecule has 1 fully saturated rings. The Labute approximate surface area is 194 Å². The highest BCUT2D eigenvalue weighted by atomic mass is 16.6. The number of rotatable bonds is 9. The van der Waals surface area contributed by atoms with Gasteiger partial charge < -0.3 is 19.5 Å². The Morgan fingerprint density at radius 1 is 1.12 bits per heavy atom. The molecule has 6 heteroatoms. The SMILES string of the molecule is CCNOc1cccc(-c2ccc(OCCCN3CCCC3)c3[nH]c4ncc(C)cc4c23)c1. The Morgan fingerprint density at radius 2 is 2.00 bits per heavy atom. The molecule has 0 amide bonds. The number of nitrogens with one attached hydrogen (secondary N) is 2. The molecule has 0 bridgehead atoms. The summed E-state index contributed by atoms with van der Waals surface area (Å²) < 4.78 is 6.29. The second kappa shape index (κ2) is 9.81. The normalized spacial score (nSPS) is 14.4. The Hall–Kier alpha value is -3.09. The van der Waals surface area contributed by atoms with Crippen molar-refractivity contribution < 1.29 is 9.57 Å². The monoisotopic (exact) mass is 444 g/mol. The first-order valence-corrected chi connectivity index (χ1v) is 12.0. The molecule has 0 aliphatic carbocycles. The molecule has 1 saturated heterocycles. The average Bonchev–Trinajstić information content (AvgIpc) is 3.49. The number of likely N-dealkylation sites (tertiary alicyclic amines) is 1. The summed E-state index contributed by atoms with van der Waals surface area (Å²) in [6, 6.07) is 14.6. The molecule has 33 heavy (non-hydrogen) atoms. The summed E-state index contributed by atoms with van der Waals surface area (Å²) in [5.74, 6) is 1.67. The van der Waals surface area contributed by atoms with E-state index < -0.39 is 0 Å². The van der Waals surface area contributed by atoms with E-state index in [2.05, 4.69) is 57.6 Å². The fraction of sp³-hybridized carbons (Fsp3) is 0.370. The predicted octanol–water partition coefficient (Wildman–Crippen LogP) is 5.46. The third-order valence-corrected chi connectivity index (χ3v) is 6.26. The van der Waals surface area contributed by atoms with Crippen molar-refractivity contribution in [3.63, 3.8) is 0 Å². The van der Waals surface area contributed by atoms with Crippen LogP contribution in [-0.2, 0) is 0 Å². The van der Waals surface area contributed by atoms with Gasteiger partial charge in [-0.3, -0.25) is 0 Å². The topological polar surface area (TPSA) is 62.4 Å². The summed E-state index contributed by atoms with van der Waals surface area (Å²) in [6.45, 7) is 9.09. The molecule has 2 N–H and O–H groups in total. The number of benzene rings is 2. The molecule has 0 radical (unpaired) electrons. The van der Waals surface area contributed by atoms with E-state index in [1.54, 1.807) is 0 Å². The zero-order chi connectivity index (χ0) is 22.6. The molecule has 0 spiro atoms. The standard InChI is InChI=1S/C27H32N4O2/c1-3-29-33-21-9-6-8-20(17-21)22-10-11-24(32-15-7-14-31-12-4-5-13-31)26-25(22)23-16-19(2)18-28-27(23)30-26/h6,8-11,16-18,29H,3-5,7,12-15H2,1-2H3,(H,28,30). The van der Waals surface area contributed by atoms with Crippen molar-refractivity contribution in [3.8, 4) is 22.6 Å². The first kappa shape index (κ1) is 21.7. The van der Waals surface area contributed by atoms with Crippen molar-refractivity contribution in [1.82, 2.24) is 20.3 Å². The Kier molecular flexibility index (Phi) is 6.46. The molecule has 6 nitrogen and oxygen atoms in total. The Morgan fingerprint density at radius 3 is 2.85 bits per heavy atom. The fourth-order valence-corrected chi connectivity index (χ4v) is 4.69. The second-order valence-electron chi connectivity index (χ2n) is 8.77. The van der Waals surface area contributed by atoms with Crippen LogP contribution in [0.5, 0.6) is 11.5 Å². The first-order valence-electron chi connectivity index (χ1n) is 12.0. The van der Waals surface area contributed by atoms with E-state index in [4.69, 9.17) is 9.57 Å². The molecule has 3 heterocycles. The Bertz CT molecular complexity index is 1240. The molecule has 2 aromatic carbocycles. The minimum absolute atomic E-state index is 0.707. The van der Waals surface area contributed by atoms with Gasteiger partial charge in [-0.05, 0) is 93.2 Å². The molecule has 4 aromatic rings. The van der Waals surface area contributed by atoms with Crippen LogP contribution in [-0.4, -0.2) is 47.7 Å². The number of H-pyrrole nitrogens is 1. The van der Waals surface area contributed by atoms with Crippen LogP contribution in [0.25, 0.3) is 33.1 Å². The van der Waals surface area contributed by atoms with Crippen molar-refractivity contribution in [1.29, 1.82) is 0 Å². The third-order valence-electron chi connectivity index (χ3n) is 6.26. The van der Waals surface area contributed by atoms with E-state index in [1.807, 2.05) is 25.3 Å². The average molecular weight is 445 g/mol. The number of hydrogen-bond acceptors (Lipinski definition) is 5. The number of aryl methyl sites for hydroxylation is 1. The van der Waals surface area contributed by atoms with Gasteiger partial charge in [-0.25, -0.2) is 4.98 Å². The number of hydroxylamine groups is 1. The minimum Gasteiger partial charge on any atom is -0.491 e. The second-order valence-corrected chi connectivity index (χ2v) is 8.77. The number of nitrogens with zero attached hydrogens (tertiary/aromatic N) is 2. The maximum atomic E-state index is 6.29. The maximum Gasteiger partial charge on any atom is 0.147 e. The van der Waals surface area contributed by atoms with Gasteiger partial charge in [0.15, 0.2) is 0 Å². The van der Waals surface area contributed by atoms with Crippen molar-refractivity contribution in [2.45, 2.75) is 33.1 Å². The third kappa shape index (κ3) is 4.68. The number of pyridine rings is 1. The minimum atomic E-state index is 0.707. The van der Waals surface area contributed by atoms with Gasteiger partial charge in [0.25, 0.3) is 0 Å². The van der Waals surface area contributed by atoms with E-state index >= 15 is 0 Å². The molecule has 1 aliphatic heterocycles. The van der Waals surface area contributed by atoms with Crippen LogP contribution in [0, 0.1) is 6.92 Å². The lowest BCUT2D eigenvalue weighted by Crippen LogP contribution is -2.21. The van der Waals surface area contributed by atoms with Crippen molar-refractivity contribution >= 4 is 21.9 Å². The van der Waals surface area contributed by atoms with Gasteiger partial charge in [-0.2, -0.15) is 5.48 Å². The lowest BCUT2D eigenvalue weighted by Gasteiger charge is -2.15. The van der Waals surface area contributed by atoms with E-state index in [-0.39, 0.29) is 0 Å². The summed E-state index contributed by atoms with van der Waals surface area (Å²) in [5.41, 5.74) is 8.17. The summed E-state index contributed by atoms with van der Waals surface area (Å²) in [7, 11) is 0. The van der Waals surface area contributed by atoms with Crippen molar-refractivity contribution in [2.24, 2.45) is 0 Å². The van der Waals surface area contributed by atoms with Gasteiger partial charge in [-0.1, -0.05) is 12.1 Å². The van der Waals surface area contributed by atoms with Crippen LogP contribution in [0.1, 0.15) is 31.7 Å². The molecule has 172 valence electrons. The van der Waals surface area contributed by atoms with Crippen molar-refractivity contribution in [2.75, 3.05) is 32.8 Å². The lowest BCUT2D eigenvalue weighted by atomic mass is 9.99. The lowest BCUT2D eigenvalue weighted by molar-refractivity contribution is 0.202. The molecule has 0 unspecified atom stereocenters. The van der Waals surface area contributed by atoms with Crippen LogP contribution < -0.4 is 15.1 Å². The van der Waals surface area contributed by atoms with Gasteiger partial charge in [-0.15, -0.1) is 0 Å². The van der Waals surface area contributed by atoms with Crippen LogP contribution in [0.2, 0.25) is 0 Å². The van der Waals surface area contributed by atoms with Gasteiger partial charge in [0.05, 0.1) is 12.1 Å². The smallest absolute Gasteiger partial charge is 0.147 e. The highest BCUT2D eigenvalue weighted by Crippen LogP contribution is 2.39.